The lowest BCUT2D eigenvalue weighted by molar-refractivity contribution is 0.0197. The standard InChI is InChI=1S/C35H39N3O2/c1-27-36-32(21-20-28-22-24-37(25-23-28)33(39)40-34(2,3)4)26-38(27)35(29-14-8-5-9-15-29,30-16-10-6-11-17-30)31-18-12-7-13-19-31/h5-21,26,28H,22-25H2,1-4H3. The minimum Gasteiger partial charge on any atom is -0.444 e. The van der Waals surface area contributed by atoms with Crippen LogP contribution in [-0.4, -0.2) is 39.2 Å². The Kier molecular flexibility index (Phi) is 7.92. The number of hydrogen-bond acceptors (Lipinski definition) is 3. The molecule has 206 valence electrons. The van der Waals surface area contributed by atoms with E-state index in [0.717, 1.165) is 24.4 Å². The molecule has 1 amide bonds. The lowest BCUT2D eigenvalue weighted by Crippen LogP contribution is -2.41. The van der Waals surface area contributed by atoms with Crippen molar-refractivity contribution in [1.29, 1.82) is 0 Å². The Balaban J connectivity index is 1.47. The van der Waals surface area contributed by atoms with Gasteiger partial charge in [-0.05, 0) is 69.2 Å². The van der Waals surface area contributed by atoms with Gasteiger partial charge in [-0.15, -0.1) is 0 Å². The van der Waals surface area contributed by atoms with Gasteiger partial charge >= 0.3 is 6.09 Å². The number of likely N-dealkylation sites (tertiary alicyclic amines) is 1. The van der Waals surface area contributed by atoms with Gasteiger partial charge in [0.15, 0.2) is 0 Å². The normalized spacial score (nSPS) is 14.9. The van der Waals surface area contributed by atoms with E-state index >= 15 is 0 Å². The van der Waals surface area contributed by atoms with Crippen LogP contribution in [0.1, 0.15) is 61.8 Å². The maximum Gasteiger partial charge on any atom is 0.410 e. The van der Waals surface area contributed by atoms with Crippen molar-refractivity contribution in [3.8, 4) is 0 Å². The molecule has 1 aliphatic heterocycles. The fraction of sp³-hybridized carbons (Fsp3) is 0.314. The Morgan fingerprint density at radius 3 is 1.75 bits per heavy atom. The van der Waals surface area contributed by atoms with E-state index in [1.54, 1.807) is 0 Å². The number of aromatic nitrogens is 2. The predicted octanol–water partition coefficient (Wildman–Crippen LogP) is 7.69. The molecule has 0 saturated carbocycles. The molecule has 3 aromatic carbocycles. The van der Waals surface area contributed by atoms with E-state index in [1.165, 1.54) is 16.7 Å². The third-order valence-corrected chi connectivity index (χ3v) is 7.57. The average Bonchev–Trinajstić information content (AvgIpc) is 3.34. The third-order valence-electron chi connectivity index (χ3n) is 7.57. The Morgan fingerprint density at radius 2 is 1.30 bits per heavy atom. The average molecular weight is 534 g/mol. The Hall–Kier alpha value is -4.12. The molecule has 1 aromatic heterocycles. The molecule has 5 nitrogen and oxygen atoms in total. The molecular weight excluding hydrogens is 494 g/mol. The summed E-state index contributed by atoms with van der Waals surface area (Å²) in [6, 6.07) is 32.0. The van der Waals surface area contributed by atoms with Crippen molar-refractivity contribution in [2.75, 3.05) is 13.1 Å². The number of carbonyl (C=O) groups is 1. The minimum atomic E-state index is -0.578. The number of ether oxygens (including phenoxy) is 1. The molecule has 0 N–H and O–H groups in total. The van der Waals surface area contributed by atoms with Crippen LogP contribution in [0.5, 0.6) is 0 Å². The van der Waals surface area contributed by atoms with Crippen LogP contribution in [0.15, 0.2) is 103 Å². The zero-order chi connectivity index (χ0) is 28.2. The fourth-order valence-corrected chi connectivity index (χ4v) is 5.71. The molecule has 0 spiro atoms. The van der Waals surface area contributed by atoms with Crippen molar-refractivity contribution >= 4 is 12.2 Å². The number of amides is 1. The van der Waals surface area contributed by atoms with Crippen molar-refractivity contribution in [2.24, 2.45) is 5.92 Å². The summed E-state index contributed by atoms with van der Waals surface area (Å²) in [5.41, 5.74) is 3.41. The first-order valence-electron chi connectivity index (χ1n) is 14.2. The van der Waals surface area contributed by atoms with Gasteiger partial charge in [0, 0.05) is 19.3 Å². The maximum absolute atomic E-state index is 12.5. The summed E-state index contributed by atoms with van der Waals surface area (Å²) in [6.07, 6.45) is 8.18. The topological polar surface area (TPSA) is 47.4 Å². The minimum absolute atomic E-state index is 0.219. The van der Waals surface area contributed by atoms with Crippen LogP contribution in [0, 0.1) is 12.8 Å². The monoisotopic (exact) mass is 533 g/mol. The molecule has 1 fully saturated rings. The highest BCUT2D eigenvalue weighted by Crippen LogP contribution is 2.41. The number of hydrogen-bond donors (Lipinski definition) is 0. The van der Waals surface area contributed by atoms with Gasteiger partial charge in [0.05, 0.1) is 5.69 Å². The second-order valence-electron chi connectivity index (χ2n) is 11.6. The summed E-state index contributed by atoms with van der Waals surface area (Å²) in [5, 5.41) is 0. The zero-order valence-corrected chi connectivity index (χ0v) is 24.0. The number of aryl methyl sites for hydroxylation is 1. The SMILES string of the molecule is Cc1nc(C=CC2CCN(C(=O)OC(C)(C)C)CC2)cn1C(c1ccccc1)(c1ccccc1)c1ccccc1. The Morgan fingerprint density at radius 1 is 0.825 bits per heavy atom. The van der Waals surface area contributed by atoms with E-state index in [1.807, 2.05) is 25.7 Å². The third kappa shape index (κ3) is 5.74. The van der Waals surface area contributed by atoms with E-state index in [4.69, 9.17) is 9.72 Å². The largest absolute Gasteiger partial charge is 0.444 e. The first-order valence-corrected chi connectivity index (χ1v) is 14.2. The molecule has 0 radical (unpaired) electrons. The Labute approximate surface area is 238 Å². The molecule has 5 rings (SSSR count). The van der Waals surface area contributed by atoms with Crippen molar-refractivity contribution in [3.63, 3.8) is 0 Å². The number of imidazole rings is 1. The summed E-state index contributed by atoms with van der Waals surface area (Å²) in [4.78, 5) is 19.3. The number of piperidine rings is 1. The smallest absolute Gasteiger partial charge is 0.410 e. The molecule has 5 heteroatoms. The first kappa shape index (κ1) is 27.4. The highest BCUT2D eigenvalue weighted by molar-refractivity contribution is 5.68. The molecular formula is C35H39N3O2. The Bertz CT molecular complexity index is 1330. The van der Waals surface area contributed by atoms with Crippen LogP contribution in [0.25, 0.3) is 6.08 Å². The van der Waals surface area contributed by atoms with Crippen molar-refractivity contribution in [3.05, 3.63) is 131 Å². The van der Waals surface area contributed by atoms with Crippen molar-refractivity contribution in [2.45, 2.75) is 51.7 Å². The number of carbonyl (C=O) groups excluding carboxylic acids is 1. The van der Waals surface area contributed by atoms with Gasteiger partial charge in [-0.2, -0.15) is 0 Å². The van der Waals surface area contributed by atoms with Gasteiger partial charge in [-0.1, -0.05) is 97.1 Å². The number of benzene rings is 3. The van der Waals surface area contributed by atoms with E-state index in [-0.39, 0.29) is 6.09 Å². The van der Waals surface area contributed by atoms with Crippen LogP contribution < -0.4 is 0 Å². The second-order valence-corrected chi connectivity index (χ2v) is 11.6. The van der Waals surface area contributed by atoms with Gasteiger partial charge in [-0.3, -0.25) is 0 Å². The quantitative estimate of drug-likeness (QED) is 0.239. The predicted molar refractivity (Wildman–Crippen MR) is 161 cm³/mol. The second kappa shape index (κ2) is 11.5. The molecule has 40 heavy (non-hydrogen) atoms. The summed E-state index contributed by atoms with van der Waals surface area (Å²) in [6.45, 7) is 9.21. The summed E-state index contributed by atoms with van der Waals surface area (Å²) < 4.78 is 7.87. The van der Waals surface area contributed by atoms with Gasteiger partial charge in [0.1, 0.15) is 17.0 Å². The molecule has 1 saturated heterocycles. The summed E-state index contributed by atoms with van der Waals surface area (Å²) in [7, 11) is 0. The molecule has 0 bridgehead atoms. The molecule has 0 aliphatic carbocycles. The van der Waals surface area contributed by atoms with E-state index < -0.39 is 11.1 Å². The van der Waals surface area contributed by atoms with Crippen molar-refractivity contribution < 1.29 is 9.53 Å². The van der Waals surface area contributed by atoms with E-state index in [9.17, 15) is 4.79 Å². The number of rotatable bonds is 6. The highest BCUT2D eigenvalue weighted by atomic mass is 16.6. The van der Waals surface area contributed by atoms with Gasteiger partial charge < -0.3 is 14.2 Å². The molecule has 0 unspecified atom stereocenters. The van der Waals surface area contributed by atoms with Crippen LogP contribution >= 0.6 is 0 Å². The summed E-state index contributed by atoms with van der Waals surface area (Å²) >= 11 is 0. The molecule has 1 aliphatic rings. The lowest BCUT2D eigenvalue weighted by atomic mass is 9.76. The first-order chi connectivity index (χ1) is 19.3. The van der Waals surface area contributed by atoms with Crippen LogP contribution in [0.2, 0.25) is 0 Å². The molecule has 4 aromatic rings. The maximum atomic E-state index is 12.5. The van der Waals surface area contributed by atoms with Gasteiger partial charge in [0.2, 0.25) is 0 Å². The number of allylic oxidation sites excluding steroid dienone is 1. The molecule has 0 atom stereocenters. The van der Waals surface area contributed by atoms with E-state index in [0.29, 0.717) is 19.0 Å². The van der Waals surface area contributed by atoms with Gasteiger partial charge in [-0.25, -0.2) is 9.78 Å². The van der Waals surface area contributed by atoms with Crippen LogP contribution in [0.3, 0.4) is 0 Å². The summed E-state index contributed by atoms with van der Waals surface area (Å²) in [5.74, 6) is 1.34. The highest BCUT2D eigenvalue weighted by Gasteiger charge is 2.39. The van der Waals surface area contributed by atoms with Crippen LogP contribution in [0.4, 0.5) is 4.79 Å². The van der Waals surface area contributed by atoms with Gasteiger partial charge in [0.25, 0.3) is 0 Å². The molecule has 2 heterocycles. The fourth-order valence-electron chi connectivity index (χ4n) is 5.71. The zero-order valence-electron chi connectivity index (χ0n) is 24.0. The lowest BCUT2D eigenvalue weighted by Gasteiger charge is -2.38. The van der Waals surface area contributed by atoms with Crippen LogP contribution in [-0.2, 0) is 10.3 Å². The van der Waals surface area contributed by atoms with Crippen molar-refractivity contribution in [1.82, 2.24) is 14.5 Å². The van der Waals surface area contributed by atoms with E-state index in [2.05, 4.69) is 121 Å². The number of nitrogens with zero attached hydrogens (tertiary/aromatic N) is 3.